The lowest BCUT2D eigenvalue weighted by atomic mass is 10.1. The van der Waals surface area contributed by atoms with E-state index in [9.17, 15) is 14.9 Å². The minimum atomic E-state index is -0.584. The molecule has 0 saturated heterocycles. The third-order valence-electron chi connectivity index (χ3n) is 3.91. The van der Waals surface area contributed by atoms with Gasteiger partial charge in [0.25, 0.3) is 5.91 Å². The third-order valence-corrected chi connectivity index (χ3v) is 3.91. The average Bonchev–Trinajstić information content (AvgIpc) is 2.87. The molecule has 1 atom stereocenters. The molecule has 0 radical (unpaired) electrons. The van der Waals surface area contributed by atoms with E-state index < -0.39 is 12.0 Å². The summed E-state index contributed by atoms with van der Waals surface area (Å²) in [5.41, 5.74) is 2.61. The molecule has 0 N–H and O–H groups in total. The van der Waals surface area contributed by atoms with Crippen LogP contribution in [0.25, 0.3) is 0 Å². The zero-order valence-corrected chi connectivity index (χ0v) is 12.5. The number of nitrogens with zero attached hydrogens (tertiary/aromatic N) is 2. The maximum absolute atomic E-state index is 12.5. The van der Waals surface area contributed by atoms with Crippen LogP contribution in [0.2, 0.25) is 0 Å². The largest absolute Gasteiger partial charge is 0.465 e. The van der Waals surface area contributed by atoms with Crippen molar-refractivity contribution in [2.75, 3.05) is 7.11 Å². The van der Waals surface area contributed by atoms with Crippen LogP contribution in [-0.2, 0) is 11.3 Å². The first-order valence-electron chi connectivity index (χ1n) is 7.12. The standard InChI is InChI=1S/C18H14N2O3/c1-23-18(22)13-8-6-12(7-9-13)11-20-16(10-19)14-4-2-3-5-15(14)17(20)21/h2-9,16H,11H2,1H3. The second kappa shape index (κ2) is 5.93. The van der Waals surface area contributed by atoms with Gasteiger partial charge in [-0.05, 0) is 23.8 Å². The Morgan fingerprint density at radius 1 is 1.22 bits per heavy atom. The summed E-state index contributed by atoms with van der Waals surface area (Å²) in [6, 6.07) is 15.6. The molecule has 5 heteroatoms. The maximum atomic E-state index is 12.5. The molecule has 0 bridgehead atoms. The predicted octanol–water partition coefficient (Wildman–Crippen LogP) is 2.69. The first kappa shape index (κ1) is 14.8. The second-order valence-electron chi connectivity index (χ2n) is 5.24. The summed E-state index contributed by atoms with van der Waals surface area (Å²) in [7, 11) is 1.33. The summed E-state index contributed by atoms with van der Waals surface area (Å²) in [5.74, 6) is -0.555. The van der Waals surface area contributed by atoms with Crippen LogP contribution in [0.5, 0.6) is 0 Å². The fraction of sp³-hybridized carbons (Fsp3) is 0.167. The Balaban J connectivity index is 1.85. The van der Waals surface area contributed by atoms with E-state index in [4.69, 9.17) is 0 Å². The molecule has 2 aromatic carbocycles. The number of benzene rings is 2. The van der Waals surface area contributed by atoms with Gasteiger partial charge in [0.2, 0.25) is 0 Å². The minimum Gasteiger partial charge on any atom is -0.465 e. The molecular weight excluding hydrogens is 292 g/mol. The highest BCUT2D eigenvalue weighted by Gasteiger charge is 2.36. The van der Waals surface area contributed by atoms with Gasteiger partial charge in [-0.15, -0.1) is 0 Å². The topological polar surface area (TPSA) is 70.4 Å². The molecule has 114 valence electrons. The third kappa shape index (κ3) is 2.55. The Hall–Kier alpha value is -3.13. The summed E-state index contributed by atoms with van der Waals surface area (Å²) in [5, 5.41) is 9.42. The van der Waals surface area contributed by atoms with E-state index in [1.54, 1.807) is 36.4 Å². The van der Waals surface area contributed by atoms with Crippen molar-refractivity contribution in [3.8, 4) is 6.07 Å². The molecule has 3 rings (SSSR count). The molecule has 1 unspecified atom stereocenters. The van der Waals surface area contributed by atoms with Gasteiger partial charge in [0, 0.05) is 17.7 Å². The van der Waals surface area contributed by atoms with Crippen molar-refractivity contribution < 1.29 is 14.3 Å². The zero-order chi connectivity index (χ0) is 16.4. The lowest BCUT2D eigenvalue weighted by Crippen LogP contribution is -2.26. The Morgan fingerprint density at radius 3 is 2.57 bits per heavy atom. The van der Waals surface area contributed by atoms with Crippen molar-refractivity contribution in [3.63, 3.8) is 0 Å². The number of esters is 1. The molecule has 23 heavy (non-hydrogen) atoms. The smallest absolute Gasteiger partial charge is 0.337 e. The van der Waals surface area contributed by atoms with Crippen molar-refractivity contribution in [3.05, 3.63) is 70.8 Å². The Bertz CT molecular complexity index is 806. The van der Waals surface area contributed by atoms with E-state index in [1.807, 2.05) is 12.1 Å². The van der Waals surface area contributed by atoms with Crippen LogP contribution >= 0.6 is 0 Å². The summed E-state index contributed by atoms with van der Waals surface area (Å²) < 4.78 is 4.66. The first-order chi connectivity index (χ1) is 11.2. The Morgan fingerprint density at radius 2 is 1.91 bits per heavy atom. The monoisotopic (exact) mass is 306 g/mol. The van der Waals surface area contributed by atoms with E-state index in [0.717, 1.165) is 11.1 Å². The maximum Gasteiger partial charge on any atom is 0.337 e. The predicted molar refractivity (Wildman–Crippen MR) is 82.5 cm³/mol. The van der Waals surface area contributed by atoms with Crippen molar-refractivity contribution in [2.45, 2.75) is 12.6 Å². The van der Waals surface area contributed by atoms with E-state index in [2.05, 4.69) is 10.8 Å². The van der Waals surface area contributed by atoms with Crippen molar-refractivity contribution in [2.24, 2.45) is 0 Å². The number of amides is 1. The molecule has 2 aromatic rings. The van der Waals surface area contributed by atoms with Gasteiger partial charge in [0.05, 0.1) is 18.7 Å². The molecule has 0 aliphatic carbocycles. The van der Waals surface area contributed by atoms with Gasteiger partial charge in [-0.2, -0.15) is 5.26 Å². The first-order valence-corrected chi connectivity index (χ1v) is 7.12. The molecule has 5 nitrogen and oxygen atoms in total. The molecule has 1 aliphatic heterocycles. The van der Waals surface area contributed by atoms with E-state index >= 15 is 0 Å². The highest BCUT2D eigenvalue weighted by molar-refractivity contribution is 5.99. The molecule has 0 saturated carbocycles. The summed E-state index contributed by atoms with van der Waals surface area (Å²) >= 11 is 0. The van der Waals surface area contributed by atoms with Crippen molar-refractivity contribution in [1.29, 1.82) is 5.26 Å². The molecular formula is C18H14N2O3. The lowest BCUT2D eigenvalue weighted by Gasteiger charge is -2.20. The number of hydrogen-bond acceptors (Lipinski definition) is 4. The van der Waals surface area contributed by atoms with Crippen LogP contribution in [0.3, 0.4) is 0 Å². The van der Waals surface area contributed by atoms with E-state index in [-0.39, 0.29) is 5.91 Å². The summed E-state index contributed by atoms with van der Waals surface area (Å²) in [6.45, 7) is 0.313. The van der Waals surface area contributed by atoms with Gasteiger partial charge in [0.1, 0.15) is 6.04 Å². The van der Waals surface area contributed by atoms with Gasteiger partial charge >= 0.3 is 5.97 Å². The number of methoxy groups -OCH3 is 1. The number of carbonyl (C=O) groups is 2. The summed E-state index contributed by atoms with van der Waals surface area (Å²) in [6.07, 6.45) is 0. The SMILES string of the molecule is COC(=O)c1ccc(CN2C(=O)c3ccccc3C2C#N)cc1. The Labute approximate surface area is 133 Å². The minimum absolute atomic E-state index is 0.149. The normalized spacial score (nSPS) is 15.9. The molecule has 0 fully saturated rings. The number of hydrogen-bond donors (Lipinski definition) is 0. The van der Waals surface area contributed by atoms with Gasteiger partial charge in [0.15, 0.2) is 0 Å². The Kier molecular flexibility index (Phi) is 3.82. The molecule has 1 aliphatic rings. The fourth-order valence-corrected chi connectivity index (χ4v) is 2.73. The second-order valence-corrected chi connectivity index (χ2v) is 5.24. The summed E-state index contributed by atoms with van der Waals surface area (Å²) in [4.78, 5) is 25.5. The van der Waals surface area contributed by atoms with Crippen LogP contribution in [0.4, 0.5) is 0 Å². The van der Waals surface area contributed by atoms with Crippen LogP contribution in [0.1, 0.15) is 37.9 Å². The van der Waals surface area contributed by atoms with E-state index in [1.165, 1.54) is 12.0 Å². The quantitative estimate of drug-likeness (QED) is 0.817. The van der Waals surface area contributed by atoms with Gasteiger partial charge in [-0.25, -0.2) is 4.79 Å². The average molecular weight is 306 g/mol. The number of rotatable bonds is 3. The molecule has 0 aromatic heterocycles. The van der Waals surface area contributed by atoms with Crippen molar-refractivity contribution in [1.82, 2.24) is 4.90 Å². The molecule has 1 amide bonds. The number of carbonyl (C=O) groups excluding carboxylic acids is 2. The lowest BCUT2D eigenvalue weighted by molar-refractivity contribution is 0.0600. The molecule has 1 heterocycles. The molecule has 0 spiro atoms. The fourth-order valence-electron chi connectivity index (χ4n) is 2.73. The zero-order valence-electron chi connectivity index (χ0n) is 12.5. The van der Waals surface area contributed by atoms with E-state index in [0.29, 0.717) is 17.7 Å². The highest BCUT2D eigenvalue weighted by Crippen LogP contribution is 2.34. The number of nitriles is 1. The van der Waals surface area contributed by atoms with Gasteiger partial charge in [-0.1, -0.05) is 30.3 Å². The van der Waals surface area contributed by atoms with Crippen LogP contribution in [-0.4, -0.2) is 23.9 Å². The van der Waals surface area contributed by atoms with Crippen LogP contribution < -0.4 is 0 Å². The van der Waals surface area contributed by atoms with Crippen LogP contribution in [0.15, 0.2) is 48.5 Å². The number of ether oxygens (including phenoxy) is 1. The highest BCUT2D eigenvalue weighted by atomic mass is 16.5. The van der Waals surface area contributed by atoms with Crippen LogP contribution in [0, 0.1) is 11.3 Å². The van der Waals surface area contributed by atoms with Gasteiger partial charge in [-0.3, -0.25) is 4.79 Å². The number of fused-ring (bicyclic) bond motifs is 1. The van der Waals surface area contributed by atoms with Crippen molar-refractivity contribution >= 4 is 11.9 Å². The van der Waals surface area contributed by atoms with Gasteiger partial charge < -0.3 is 9.64 Å².